The minimum Gasteiger partial charge on any atom is -0.483 e. The molecule has 0 aliphatic carbocycles. The highest BCUT2D eigenvalue weighted by Crippen LogP contribution is 2.25. The van der Waals surface area contributed by atoms with Crippen molar-refractivity contribution in [3.8, 4) is 0 Å². The fraction of sp³-hybridized carbons (Fsp3) is 0.500. The molecule has 1 N–H and O–H groups in total. The highest BCUT2D eigenvalue weighted by atomic mass is 16.7. The van der Waals surface area contributed by atoms with Crippen LogP contribution in [0.3, 0.4) is 0 Å². The Kier molecular flexibility index (Phi) is 5.06. The van der Waals surface area contributed by atoms with Crippen LogP contribution in [0.15, 0.2) is 36.1 Å². The van der Waals surface area contributed by atoms with Gasteiger partial charge in [-0.2, -0.15) is 0 Å². The van der Waals surface area contributed by atoms with E-state index in [0.29, 0.717) is 13.2 Å². The summed E-state index contributed by atoms with van der Waals surface area (Å²) >= 11 is 0. The van der Waals surface area contributed by atoms with Crippen LogP contribution in [0.4, 0.5) is 5.69 Å². The summed E-state index contributed by atoms with van der Waals surface area (Å²) in [6.07, 6.45) is 1.75. The largest absolute Gasteiger partial charge is 0.494 e. The Morgan fingerprint density at radius 3 is 2.68 bits per heavy atom. The van der Waals surface area contributed by atoms with E-state index in [1.807, 2.05) is 51.1 Å². The van der Waals surface area contributed by atoms with E-state index in [4.69, 9.17) is 18.8 Å². The summed E-state index contributed by atoms with van der Waals surface area (Å²) in [4.78, 5) is 11.5. The molecule has 1 aromatic carbocycles. The van der Waals surface area contributed by atoms with Gasteiger partial charge < -0.3 is 24.1 Å². The number of rotatable bonds is 5. The number of esters is 1. The molecule has 25 heavy (non-hydrogen) atoms. The van der Waals surface area contributed by atoms with Gasteiger partial charge in [0, 0.05) is 18.2 Å². The third-order valence-electron chi connectivity index (χ3n) is 4.40. The smallest absolute Gasteiger partial charge is 0.483 e. The maximum atomic E-state index is 11.5. The zero-order valence-electron chi connectivity index (χ0n) is 15.1. The normalized spacial score (nSPS) is 24.6. The molecular weight excluding hydrogens is 321 g/mol. The highest BCUT2D eigenvalue weighted by molar-refractivity contribution is 6.61. The number of benzene rings is 1. The molecule has 0 aromatic heterocycles. The first kappa shape index (κ1) is 17.8. The predicted molar refractivity (Wildman–Crippen MR) is 95.6 cm³/mol. The Morgan fingerprint density at radius 1 is 1.36 bits per heavy atom. The van der Waals surface area contributed by atoms with Gasteiger partial charge in [-0.1, -0.05) is 12.1 Å². The lowest BCUT2D eigenvalue weighted by atomic mass is 9.79. The van der Waals surface area contributed by atoms with Crippen LogP contribution in [-0.2, 0) is 23.6 Å². The van der Waals surface area contributed by atoms with E-state index in [1.165, 1.54) is 7.11 Å². The highest BCUT2D eigenvalue weighted by Gasteiger charge is 2.38. The average Bonchev–Trinajstić information content (AvgIpc) is 3.15. The molecule has 1 fully saturated rings. The van der Waals surface area contributed by atoms with Crippen LogP contribution < -0.4 is 10.8 Å². The molecule has 0 bridgehead atoms. The average molecular weight is 345 g/mol. The van der Waals surface area contributed by atoms with Crippen LogP contribution in [0.1, 0.15) is 20.8 Å². The molecule has 0 spiro atoms. The van der Waals surface area contributed by atoms with Crippen molar-refractivity contribution in [2.45, 2.75) is 32.5 Å². The van der Waals surface area contributed by atoms with Crippen molar-refractivity contribution in [2.75, 3.05) is 25.6 Å². The number of nitrogens with one attached hydrogen (secondary N) is 1. The first-order valence-corrected chi connectivity index (χ1v) is 8.48. The topological polar surface area (TPSA) is 66.0 Å². The first-order chi connectivity index (χ1) is 11.9. The number of hydrogen-bond donors (Lipinski definition) is 1. The molecule has 2 unspecified atom stereocenters. The molecule has 1 saturated heterocycles. The maximum Gasteiger partial charge on any atom is 0.494 e. The lowest BCUT2D eigenvalue weighted by molar-refractivity contribution is -0.140. The van der Waals surface area contributed by atoms with Gasteiger partial charge in [0.1, 0.15) is 6.10 Å². The Balaban J connectivity index is 1.56. The zero-order chi connectivity index (χ0) is 18.0. The Hall–Kier alpha value is -1.99. The van der Waals surface area contributed by atoms with Crippen LogP contribution >= 0.6 is 0 Å². The monoisotopic (exact) mass is 345 g/mol. The quantitative estimate of drug-likeness (QED) is 0.647. The second-order valence-corrected chi connectivity index (χ2v) is 7.03. The van der Waals surface area contributed by atoms with Gasteiger partial charge in [0.05, 0.1) is 19.3 Å². The van der Waals surface area contributed by atoms with Crippen LogP contribution in [0.2, 0.25) is 0 Å². The number of hydrogen-bond acceptors (Lipinski definition) is 6. The van der Waals surface area contributed by atoms with Crippen molar-refractivity contribution in [2.24, 2.45) is 5.92 Å². The molecule has 1 aromatic rings. The lowest BCUT2D eigenvalue weighted by Crippen LogP contribution is -2.34. The summed E-state index contributed by atoms with van der Waals surface area (Å²) in [6.45, 7) is 7.24. The molecule has 0 radical (unpaired) electrons. The van der Waals surface area contributed by atoms with E-state index in [1.54, 1.807) is 0 Å². The second kappa shape index (κ2) is 7.10. The molecule has 134 valence electrons. The van der Waals surface area contributed by atoms with E-state index in [-0.39, 0.29) is 30.5 Å². The van der Waals surface area contributed by atoms with E-state index in [9.17, 15) is 4.79 Å². The molecule has 0 amide bonds. The van der Waals surface area contributed by atoms with Crippen LogP contribution in [-0.4, -0.2) is 45.1 Å². The minimum absolute atomic E-state index is 0.0663. The van der Waals surface area contributed by atoms with Gasteiger partial charge in [0.25, 0.3) is 0 Å². The molecule has 2 atom stereocenters. The van der Waals surface area contributed by atoms with Gasteiger partial charge in [0.15, 0.2) is 0 Å². The summed E-state index contributed by atoms with van der Waals surface area (Å²) in [5, 5.41) is 3.37. The first-order valence-electron chi connectivity index (χ1n) is 8.48. The molecule has 3 rings (SSSR count). The van der Waals surface area contributed by atoms with Gasteiger partial charge in [0.2, 0.25) is 5.76 Å². The van der Waals surface area contributed by atoms with Gasteiger partial charge in [-0.3, -0.25) is 0 Å². The summed E-state index contributed by atoms with van der Waals surface area (Å²) in [5.41, 5.74) is 1.75. The molecular formula is C18H24BNO5. The van der Waals surface area contributed by atoms with E-state index in [2.05, 4.69) is 5.32 Å². The van der Waals surface area contributed by atoms with Crippen molar-refractivity contribution in [3.05, 3.63) is 36.1 Å². The van der Waals surface area contributed by atoms with Crippen LogP contribution in [0, 0.1) is 5.92 Å². The third kappa shape index (κ3) is 4.17. The van der Waals surface area contributed by atoms with Crippen molar-refractivity contribution in [1.82, 2.24) is 0 Å². The Bertz CT molecular complexity index is 658. The number of methoxy groups -OCH3 is 1. The predicted octanol–water partition coefficient (Wildman–Crippen LogP) is 1.71. The van der Waals surface area contributed by atoms with Gasteiger partial charge in [-0.15, -0.1) is 0 Å². The van der Waals surface area contributed by atoms with Crippen LogP contribution in [0.25, 0.3) is 0 Å². The van der Waals surface area contributed by atoms with Crippen LogP contribution in [0.5, 0.6) is 0 Å². The van der Waals surface area contributed by atoms with Gasteiger partial charge >= 0.3 is 13.1 Å². The number of ether oxygens (including phenoxy) is 2. The molecule has 7 heteroatoms. The number of carbonyl (C=O) groups is 1. The van der Waals surface area contributed by atoms with Crippen molar-refractivity contribution < 1.29 is 23.6 Å². The van der Waals surface area contributed by atoms with E-state index in [0.717, 1.165) is 11.2 Å². The number of carbonyl (C=O) groups excluding carboxylic acids is 1. The van der Waals surface area contributed by atoms with Gasteiger partial charge in [-0.05, 0) is 44.4 Å². The van der Waals surface area contributed by atoms with Gasteiger partial charge in [-0.25, -0.2) is 4.79 Å². The zero-order valence-corrected chi connectivity index (χ0v) is 15.1. The molecule has 0 saturated carbocycles. The van der Waals surface area contributed by atoms with E-state index < -0.39 is 5.97 Å². The fourth-order valence-electron chi connectivity index (χ4n) is 2.89. The summed E-state index contributed by atoms with van der Waals surface area (Å²) < 4.78 is 21.8. The molecule has 2 aliphatic heterocycles. The maximum absolute atomic E-state index is 11.5. The SMILES string of the molecule is COC(=O)C1=CC(CNc2ccc(B3OCC(C)(C)O3)cc2)C(C)O1. The Morgan fingerprint density at radius 2 is 2.08 bits per heavy atom. The number of anilines is 1. The van der Waals surface area contributed by atoms with Crippen molar-refractivity contribution >= 4 is 24.2 Å². The summed E-state index contributed by atoms with van der Waals surface area (Å²) in [6, 6.07) is 7.99. The second-order valence-electron chi connectivity index (χ2n) is 7.03. The van der Waals surface area contributed by atoms with E-state index >= 15 is 0 Å². The third-order valence-corrected chi connectivity index (χ3v) is 4.40. The fourth-order valence-corrected chi connectivity index (χ4v) is 2.89. The summed E-state index contributed by atoms with van der Waals surface area (Å²) in [5.74, 6) is -0.0374. The molecule has 2 heterocycles. The van der Waals surface area contributed by atoms with Crippen molar-refractivity contribution in [1.29, 1.82) is 0 Å². The lowest BCUT2D eigenvalue weighted by Gasteiger charge is -2.17. The standard InChI is InChI=1S/C18H24BNO5/c1-12-13(9-16(24-12)17(21)22-4)10-20-15-7-5-14(6-8-15)19-23-11-18(2,3)25-19/h5-9,12-13,20H,10-11H2,1-4H3. The molecule has 2 aliphatic rings. The minimum atomic E-state index is -0.432. The van der Waals surface area contributed by atoms with Crippen molar-refractivity contribution in [3.63, 3.8) is 0 Å². The summed E-state index contributed by atoms with van der Waals surface area (Å²) in [7, 11) is 1.04. The molecule has 6 nitrogen and oxygen atoms in total. The Labute approximate surface area is 148 Å².